The average Bonchev–Trinajstić information content (AvgIpc) is 3.15. The van der Waals surface area contributed by atoms with Crippen LogP contribution in [0.3, 0.4) is 0 Å². The fraction of sp³-hybridized carbons (Fsp3) is 0.400. The molecule has 1 heterocycles. The summed E-state index contributed by atoms with van der Waals surface area (Å²) in [7, 11) is -4.68. The van der Waals surface area contributed by atoms with Crippen LogP contribution in [0.15, 0.2) is 32.5 Å². The Morgan fingerprint density at radius 2 is 1.94 bits per heavy atom. The average molecular weight is 543 g/mol. The summed E-state index contributed by atoms with van der Waals surface area (Å²) in [6, 6.07) is 3.97. The van der Waals surface area contributed by atoms with Crippen LogP contribution in [0.5, 0.6) is 0 Å². The lowest BCUT2D eigenvalue weighted by Crippen LogP contribution is -2.30. The van der Waals surface area contributed by atoms with Crippen molar-refractivity contribution in [1.29, 1.82) is 0 Å². The van der Waals surface area contributed by atoms with E-state index >= 15 is 0 Å². The van der Waals surface area contributed by atoms with Gasteiger partial charge in [-0.05, 0) is 44.4 Å². The number of hydrogen-bond donors (Lipinski definition) is 3. The van der Waals surface area contributed by atoms with Gasteiger partial charge in [0.15, 0.2) is 15.5 Å². The van der Waals surface area contributed by atoms with E-state index in [-0.39, 0.29) is 34.1 Å². The van der Waals surface area contributed by atoms with E-state index in [2.05, 4.69) is 46.7 Å². The zero-order valence-corrected chi connectivity index (χ0v) is 19.6. The van der Waals surface area contributed by atoms with Crippen molar-refractivity contribution in [2.24, 2.45) is 5.16 Å². The zero-order chi connectivity index (χ0) is 23.2. The summed E-state index contributed by atoms with van der Waals surface area (Å²) >= 11 is 3.03. The summed E-state index contributed by atoms with van der Waals surface area (Å²) in [6.07, 6.45) is 0. The van der Waals surface area contributed by atoms with Crippen molar-refractivity contribution in [3.05, 3.63) is 34.2 Å². The second-order valence-electron chi connectivity index (χ2n) is 6.34. The lowest BCUT2D eigenvalue weighted by molar-refractivity contribution is 0.305. The molecule has 0 radical (unpaired) electrons. The molecule has 0 saturated heterocycles. The van der Waals surface area contributed by atoms with Gasteiger partial charge in [0.1, 0.15) is 5.82 Å². The maximum Gasteiger partial charge on any atom is 0.214 e. The molecule has 1 aromatic carbocycles. The molecule has 0 bridgehead atoms. The Morgan fingerprint density at radius 1 is 1.23 bits per heavy atom. The molecule has 16 heteroatoms. The van der Waals surface area contributed by atoms with E-state index in [1.807, 2.05) is 0 Å². The molecule has 31 heavy (non-hydrogen) atoms. The number of oxime groups is 1. The highest BCUT2D eigenvalue weighted by Gasteiger charge is 2.21. The van der Waals surface area contributed by atoms with Gasteiger partial charge in [-0.25, -0.2) is 30.2 Å². The molecule has 0 atom stereocenters. The number of sulfonamides is 1. The molecule has 1 aromatic heterocycles. The predicted octanol–water partition coefficient (Wildman–Crippen LogP) is 0.937. The number of benzene rings is 1. The highest BCUT2D eigenvalue weighted by atomic mass is 79.9. The number of sulfone groups is 1. The minimum absolute atomic E-state index is 0.0161. The topological polar surface area (TPSA) is 167 Å². The van der Waals surface area contributed by atoms with E-state index < -0.39 is 37.2 Å². The molecule has 0 saturated carbocycles. The fourth-order valence-electron chi connectivity index (χ4n) is 2.14. The van der Waals surface area contributed by atoms with Gasteiger partial charge in [-0.15, -0.1) is 0 Å². The highest BCUT2D eigenvalue weighted by molar-refractivity contribution is 9.10. The van der Waals surface area contributed by atoms with Gasteiger partial charge >= 0.3 is 0 Å². The van der Waals surface area contributed by atoms with Crippen molar-refractivity contribution in [1.82, 2.24) is 14.6 Å². The van der Waals surface area contributed by atoms with Crippen LogP contribution in [-0.4, -0.2) is 80.4 Å². The molecular formula is C15H20BrFN6O6S2. The summed E-state index contributed by atoms with van der Waals surface area (Å²) < 4.78 is 66.8. The van der Waals surface area contributed by atoms with Crippen LogP contribution in [0, 0.1) is 5.82 Å². The van der Waals surface area contributed by atoms with Crippen LogP contribution in [-0.2, 0) is 19.9 Å². The first-order valence-corrected chi connectivity index (χ1v) is 12.8. The van der Waals surface area contributed by atoms with Crippen LogP contribution >= 0.6 is 15.9 Å². The molecule has 0 aliphatic carbocycles. The number of amidine groups is 1. The molecule has 0 fully saturated rings. The van der Waals surface area contributed by atoms with E-state index in [0.717, 1.165) is 4.31 Å². The van der Waals surface area contributed by atoms with Gasteiger partial charge in [0.05, 0.1) is 21.7 Å². The summed E-state index contributed by atoms with van der Waals surface area (Å²) in [5, 5.41) is 25.0. The molecule has 0 amide bonds. The molecule has 0 unspecified atom stereocenters. The summed E-state index contributed by atoms with van der Waals surface area (Å²) in [5.74, 6) is -2.15. The molecule has 2 aromatic rings. The van der Waals surface area contributed by atoms with Crippen molar-refractivity contribution >= 4 is 53.1 Å². The first-order chi connectivity index (χ1) is 14.4. The van der Waals surface area contributed by atoms with Crippen molar-refractivity contribution < 1.29 is 31.1 Å². The maximum atomic E-state index is 13.4. The van der Waals surface area contributed by atoms with E-state index in [1.54, 1.807) is 0 Å². The van der Waals surface area contributed by atoms with Gasteiger partial charge in [-0.2, -0.15) is 0 Å². The number of nitrogens with one attached hydrogen (secondary N) is 2. The molecule has 2 rings (SSSR count). The number of halogens is 2. The zero-order valence-electron chi connectivity index (χ0n) is 16.4. The second-order valence-corrected chi connectivity index (χ2v) is 11.8. The quantitative estimate of drug-likeness (QED) is 0.170. The SMILES string of the molecule is CN(C)S(=O)(=O)CCS(=O)(=O)CCNc1nonc1/C(=N/O)Nc1ccc(F)c(Br)c1. The van der Waals surface area contributed by atoms with E-state index in [1.165, 1.54) is 32.3 Å². The Hall–Kier alpha value is -2.30. The van der Waals surface area contributed by atoms with Gasteiger partial charge in [0.25, 0.3) is 0 Å². The molecular weight excluding hydrogens is 523 g/mol. The number of nitrogens with zero attached hydrogens (tertiary/aromatic N) is 4. The Morgan fingerprint density at radius 3 is 2.55 bits per heavy atom. The number of anilines is 2. The van der Waals surface area contributed by atoms with Crippen molar-refractivity contribution in [2.45, 2.75) is 0 Å². The van der Waals surface area contributed by atoms with E-state index in [4.69, 9.17) is 0 Å². The van der Waals surface area contributed by atoms with Gasteiger partial charge < -0.3 is 15.8 Å². The van der Waals surface area contributed by atoms with Gasteiger partial charge in [-0.1, -0.05) is 5.16 Å². The fourth-order valence-corrected chi connectivity index (χ4v) is 5.36. The van der Waals surface area contributed by atoms with Crippen LogP contribution in [0.2, 0.25) is 0 Å². The first-order valence-electron chi connectivity index (χ1n) is 8.57. The largest absolute Gasteiger partial charge is 0.409 e. The highest BCUT2D eigenvalue weighted by Crippen LogP contribution is 2.21. The third kappa shape index (κ3) is 7.12. The van der Waals surface area contributed by atoms with E-state index in [0.29, 0.717) is 5.69 Å². The standard InChI is InChI=1S/C15H20BrFN6O6S2/c1-23(2)31(27,28)8-7-30(25,26)6-5-18-14-13(21-29-22-14)15(20-24)19-10-3-4-12(17)11(16)9-10/h3-4,9,24H,5-8H2,1-2H3,(H,18,22)(H,19,20). The Bertz CT molecular complexity index is 1150. The second kappa shape index (κ2) is 10.3. The number of rotatable bonds is 10. The Balaban J connectivity index is 2.00. The third-order valence-corrected chi connectivity index (χ3v) is 8.26. The van der Waals surface area contributed by atoms with Crippen LogP contribution in [0.25, 0.3) is 0 Å². The van der Waals surface area contributed by atoms with Crippen molar-refractivity contribution in [2.75, 3.05) is 48.5 Å². The van der Waals surface area contributed by atoms with E-state index in [9.17, 15) is 26.4 Å². The summed E-state index contributed by atoms with van der Waals surface area (Å²) in [5.41, 5.74) is 0.301. The maximum absolute atomic E-state index is 13.4. The first kappa shape index (κ1) is 25.0. The van der Waals surface area contributed by atoms with Gasteiger partial charge in [0, 0.05) is 26.3 Å². The Labute approximate surface area is 186 Å². The summed E-state index contributed by atoms with van der Waals surface area (Å²) in [4.78, 5) is 0. The predicted molar refractivity (Wildman–Crippen MR) is 115 cm³/mol. The monoisotopic (exact) mass is 542 g/mol. The Kier molecular flexibility index (Phi) is 8.33. The lowest BCUT2D eigenvalue weighted by atomic mass is 10.3. The smallest absolute Gasteiger partial charge is 0.214 e. The molecule has 172 valence electrons. The van der Waals surface area contributed by atoms with Gasteiger partial charge in [0.2, 0.25) is 21.7 Å². The summed E-state index contributed by atoms with van der Waals surface area (Å²) in [6.45, 7) is -0.133. The third-order valence-electron chi connectivity index (χ3n) is 3.91. The van der Waals surface area contributed by atoms with Crippen molar-refractivity contribution in [3.8, 4) is 0 Å². The number of aromatic nitrogens is 2. The normalized spacial score (nSPS) is 12.9. The van der Waals surface area contributed by atoms with Crippen LogP contribution in [0.1, 0.15) is 5.69 Å². The van der Waals surface area contributed by atoms with Crippen molar-refractivity contribution in [3.63, 3.8) is 0 Å². The molecule has 0 aliphatic rings. The minimum atomic E-state index is -3.68. The molecule has 0 spiro atoms. The molecule has 12 nitrogen and oxygen atoms in total. The molecule has 0 aliphatic heterocycles. The lowest BCUT2D eigenvalue weighted by Gasteiger charge is -2.11. The molecule has 3 N–H and O–H groups in total. The van der Waals surface area contributed by atoms with Crippen LogP contribution in [0.4, 0.5) is 15.9 Å². The minimum Gasteiger partial charge on any atom is -0.409 e. The van der Waals surface area contributed by atoms with Gasteiger partial charge in [-0.3, -0.25) is 0 Å². The number of hydrogen-bond acceptors (Lipinski definition) is 10. The van der Waals surface area contributed by atoms with Crippen LogP contribution < -0.4 is 10.6 Å².